The second-order valence-electron chi connectivity index (χ2n) is 5.72. The van der Waals surface area contributed by atoms with Crippen LogP contribution in [-0.2, 0) is 11.2 Å². The number of aromatic nitrogens is 2. The lowest BCUT2D eigenvalue weighted by Gasteiger charge is -2.06. The largest absolute Gasteiger partial charge is 0.324 e. The van der Waals surface area contributed by atoms with Gasteiger partial charge in [0.05, 0.1) is 22.8 Å². The summed E-state index contributed by atoms with van der Waals surface area (Å²) in [6.45, 7) is 0. The van der Waals surface area contributed by atoms with Crippen molar-refractivity contribution in [2.75, 3.05) is 5.32 Å². The first kappa shape index (κ1) is 17.1. The van der Waals surface area contributed by atoms with Gasteiger partial charge in [-0.2, -0.15) is 0 Å². The van der Waals surface area contributed by atoms with Crippen molar-refractivity contribution in [1.82, 2.24) is 9.38 Å². The second-order valence-corrected chi connectivity index (χ2v) is 7.40. The molecule has 4 rings (SSSR count). The van der Waals surface area contributed by atoms with Crippen molar-refractivity contribution >= 4 is 51.1 Å². The first-order valence-corrected chi connectivity index (χ1v) is 9.49. The standard InChI is InChI=1S/C19H13Cl2N3OS/c20-13-7-5-12(6-8-13)17-10-24-14(11-26-19(24)23-17)9-18(25)22-16-4-2-1-3-15(16)21/h1-8,10-11H,9H2,(H,22,25). The predicted octanol–water partition coefficient (Wildman–Crippen LogP) is 5.55. The normalized spacial score (nSPS) is 11.0. The molecule has 0 aliphatic rings. The fourth-order valence-electron chi connectivity index (χ4n) is 2.64. The third-order valence-corrected chi connectivity index (χ3v) is 5.38. The van der Waals surface area contributed by atoms with Crippen molar-refractivity contribution < 1.29 is 4.79 Å². The average molecular weight is 402 g/mol. The summed E-state index contributed by atoms with van der Waals surface area (Å²) in [4.78, 5) is 17.8. The molecule has 0 saturated heterocycles. The van der Waals surface area contributed by atoms with Gasteiger partial charge in [-0.1, -0.05) is 47.5 Å². The van der Waals surface area contributed by atoms with E-state index in [1.165, 1.54) is 11.3 Å². The number of para-hydroxylation sites is 1. The summed E-state index contributed by atoms with van der Waals surface area (Å²) in [6, 6.07) is 14.7. The van der Waals surface area contributed by atoms with E-state index in [4.69, 9.17) is 23.2 Å². The number of carbonyl (C=O) groups is 1. The molecule has 0 unspecified atom stereocenters. The van der Waals surface area contributed by atoms with Gasteiger partial charge in [0.25, 0.3) is 0 Å². The minimum atomic E-state index is -0.125. The van der Waals surface area contributed by atoms with E-state index in [-0.39, 0.29) is 12.3 Å². The number of imidazole rings is 1. The Morgan fingerprint density at radius 2 is 1.88 bits per heavy atom. The number of benzene rings is 2. The lowest BCUT2D eigenvalue weighted by Crippen LogP contribution is -2.15. The van der Waals surface area contributed by atoms with Crippen LogP contribution in [-0.4, -0.2) is 15.3 Å². The number of halogens is 2. The van der Waals surface area contributed by atoms with Crippen LogP contribution in [0.25, 0.3) is 16.2 Å². The van der Waals surface area contributed by atoms with Gasteiger partial charge in [0.1, 0.15) is 0 Å². The Hall–Kier alpha value is -2.34. The predicted molar refractivity (Wildman–Crippen MR) is 107 cm³/mol. The highest BCUT2D eigenvalue weighted by molar-refractivity contribution is 7.15. The molecule has 0 radical (unpaired) electrons. The number of rotatable bonds is 4. The molecular formula is C19H13Cl2N3OS. The van der Waals surface area contributed by atoms with Gasteiger partial charge in [0, 0.05) is 27.9 Å². The third-order valence-electron chi connectivity index (χ3n) is 3.91. The molecule has 4 aromatic rings. The van der Waals surface area contributed by atoms with Crippen LogP contribution in [0.1, 0.15) is 5.69 Å². The molecule has 0 aliphatic carbocycles. The fraction of sp³-hybridized carbons (Fsp3) is 0.0526. The first-order chi connectivity index (χ1) is 12.6. The summed E-state index contributed by atoms with van der Waals surface area (Å²) in [7, 11) is 0. The summed E-state index contributed by atoms with van der Waals surface area (Å²) in [5.41, 5.74) is 3.32. The third kappa shape index (κ3) is 3.46. The van der Waals surface area contributed by atoms with Crippen LogP contribution < -0.4 is 5.32 Å². The fourth-order valence-corrected chi connectivity index (χ4v) is 3.82. The summed E-state index contributed by atoms with van der Waals surface area (Å²) >= 11 is 13.5. The lowest BCUT2D eigenvalue weighted by atomic mass is 10.2. The molecule has 2 aromatic carbocycles. The highest BCUT2D eigenvalue weighted by Gasteiger charge is 2.13. The average Bonchev–Trinajstić information content (AvgIpc) is 3.20. The Balaban J connectivity index is 1.56. The SMILES string of the molecule is O=C(Cc1csc2nc(-c3ccc(Cl)cc3)cn12)Nc1ccccc1Cl. The zero-order chi connectivity index (χ0) is 18.1. The minimum absolute atomic E-state index is 0.125. The summed E-state index contributed by atoms with van der Waals surface area (Å²) in [5.74, 6) is -0.125. The summed E-state index contributed by atoms with van der Waals surface area (Å²) in [5, 5.41) is 5.99. The highest BCUT2D eigenvalue weighted by atomic mass is 35.5. The number of carbonyl (C=O) groups excluding carboxylic acids is 1. The van der Waals surface area contributed by atoms with E-state index in [1.54, 1.807) is 12.1 Å². The lowest BCUT2D eigenvalue weighted by molar-refractivity contribution is -0.115. The van der Waals surface area contributed by atoms with Crippen LogP contribution in [0, 0.1) is 0 Å². The van der Waals surface area contributed by atoms with Crippen LogP contribution >= 0.6 is 34.5 Å². The Morgan fingerprint density at radius 1 is 1.12 bits per heavy atom. The van der Waals surface area contributed by atoms with Crippen molar-refractivity contribution in [3.05, 3.63) is 75.8 Å². The van der Waals surface area contributed by atoms with Gasteiger partial charge < -0.3 is 5.32 Å². The number of nitrogens with zero attached hydrogens (tertiary/aromatic N) is 2. The van der Waals surface area contributed by atoms with Crippen molar-refractivity contribution in [3.8, 4) is 11.3 Å². The Kier molecular flexibility index (Phi) is 4.68. The molecule has 26 heavy (non-hydrogen) atoms. The first-order valence-electron chi connectivity index (χ1n) is 7.86. The quantitative estimate of drug-likeness (QED) is 0.487. The molecule has 0 bridgehead atoms. The van der Waals surface area contributed by atoms with Gasteiger partial charge in [-0.15, -0.1) is 11.3 Å². The van der Waals surface area contributed by atoms with Crippen molar-refractivity contribution in [2.24, 2.45) is 0 Å². The Bertz CT molecular complexity index is 1090. The van der Waals surface area contributed by atoms with Crippen LogP contribution in [0.5, 0.6) is 0 Å². The molecule has 0 atom stereocenters. The number of hydrogen-bond acceptors (Lipinski definition) is 3. The van der Waals surface area contributed by atoms with Crippen molar-refractivity contribution in [3.63, 3.8) is 0 Å². The number of amides is 1. The molecule has 1 amide bonds. The van der Waals surface area contributed by atoms with E-state index in [1.807, 2.05) is 52.4 Å². The number of thiazole rings is 1. The Labute approximate surface area is 164 Å². The van der Waals surface area contributed by atoms with Crippen LogP contribution in [0.4, 0.5) is 5.69 Å². The van der Waals surface area contributed by atoms with Gasteiger partial charge >= 0.3 is 0 Å². The molecule has 2 aromatic heterocycles. The molecule has 0 saturated carbocycles. The maximum atomic E-state index is 12.4. The summed E-state index contributed by atoms with van der Waals surface area (Å²) < 4.78 is 1.95. The maximum absolute atomic E-state index is 12.4. The maximum Gasteiger partial charge on any atom is 0.230 e. The van der Waals surface area contributed by atoms with Crippen LogP contribution in [0.3, 0.4) is 0 Å². The molecular weight excluding hydrogens is 389 g/mol. The minimum Gasteiger partial charge on any atom is -0.324 e. The number of fused-ring (bicyclic) bond motifs is 1. The van der Waals surface area contributed by atoms with E-state index in [0.717, 1.165) is 21.9 Å². The molecule has 2 heterocycles. The monoisotopic (exact) mass is 401 g/mol. The zero-order valence-electron chi connectivity index (χ0n) is 13.4. The van der Waals surface area contributed by atoms with E-state index in [2.05, 4.69) is 10.3 Å². The van der Waals surface area contributed by atoms with E-state index >= 15 is 0 Å². The molecule has 0 spiro atoms. The van der Waals surface area contributed by atoms with Crippen molar-refractivity contribution in [1.29, 1.82) is 0 Å². The van der Waals surface area contributed by atoms with E-state index in [0.29, 0.717) is 15.7 Å². The topological polar surface area (TPSA) is 46.4 Å². The molecule has 1 N–H and O–H groups in total. The van der Waals surface area contributed by atoms with E-state index < -0.39 is 0 Å². The second kappa shape index (κ2) is 7.11. The van der Waals surface area contributed by atoms with E-state index in [9.17, 15) is 4.79 Å². The van der Waals surface area contributed by atoms with Crippen LogP contribution in [0.15, 0.2) is 60.1 Å². The number of nitrogens with one attached hydrogen (secondary N) is 1. The molecule has 0 fully saturated rings. The molecule has 0 aliphatic heterocycles. The molecule has 130 valence electrons. The zero-order valence-corrected chi connectivity index (χ0v) is 15.8. The van der Waals surface area contributed by atoms with Gasteiger partial charge in [0.2, 0.25) is 5.91 Å². The van der Waals surface area contributed by atoms with Crippen LogP contribution in [0.2, 0.25) is 10.0 Å². The van der Waals surface area contributed by atoms with Gasteiger partial charge in [-0.05, 0) is 24.3 Å². The smallest absolute Gasteiger partial charge is 0.230 e. The van der Waals surface area contributed by atoms with Gasteiger partial charge in [-0.25, -0.2) is 4.98 Å². The molecule has 4 nitrogen and oxygen atoms in total. The van der Waals surface area contributed by atoms with Gasteiger partial charge in [-0.3, -0.25) is 9.20 Å². The van der Waals surface area contributed by atoms with Gasteiger partial charge in [0.15, 0.2) is 4.96 Å². The van der Waals surface area contributed by atoms with Crippen molar-refractivity contribution in [2.45, 2.75) is 6.42 Å². The number of hydrogen-bond donors (Lipinski definition) is 1. The Morgan fingerprint density at radius 3 is 2.65 bits per heavy atom. The molecule has 7 heteroatoms. The number of anilines is 1. The highest BCUT2D eigenvalue weighted by Crippen LogP contribution is 2.26. The summed E-state index contributed by atoms with van der Waals surface area (Å²) in [6.07, 6.45) is 2.18.